The van der Waals surface area contributed by atoms with Crippen LogP contribution in [0, 0.1) is 0 Å². The maximum atomic E-state index is 12.6. The molecule has 1 heterocycles. The van der Waals surface area contributed by atoms with Gasteiger partial charge in [0.15, 0.2) is 0 Å². The molecule has 0 aromatic carbocycles. The van der Waals surface area contributed by atoms with Gasteiger partial charge >= 0.3 is 6.18 Å². The number of aromatic nitrogens is 2. The lowest BCUT2D eigenvalue weighted by Gasteiger charge is -2.36. The number of anilines is 1. The van der Waals surface area contributed by atoms with Crippen molar-refractivity contribution in [3.8, 4) is 0 Å². The molecule has 0 saturated heterocycles. The van der Waals surface area contributed by atoms with Crippen LogP contribution in [-0.2, 0) is 6.18 Å². The third kappa shape index (κ3) is 3.34. The summed E-state index contributed by atoms with van der Waals surface area (Å²) >= 11 is 0. The fraction of sp³-hybridized carbons (Fsp3) is 0.667. The first-order valence-electron chi connectivity index (χ1n) is 6.24. The van der Waals surface area contributed by atoms with E-state index in [1.807, 2.05) is 0 Å². The molecule has 0 amide bonds. The Bertz CT molecular complexity index is 430. The van der Waals surface area contributed by atoms with Gasteiger partial charge in [-0.1, -0.05) is 19.3 Å². The molecule has 1 aromatic heterocycles. The zero-order valence-electron chi connectivity index (χ0n) is 10.4. The van der Waals surface area contributed by atoms with Gasteiger partial charge in [-0.15, -0.1) is 0 Å². The molecule has 0 spiro atoms. The highest BCUT2D eigenvalue weighted by atomic mass is 19.4. The molecule has 1 aliphatic carbocycles. The molecule has 1 fully saturated rings. The van der Waals surface area contributed by atoms with Crippen molar-refractivity contribution < 1.29 is 18.3 Å². The van der Waals surface area contributed by atoms with Gasteiger partial charge in [0.1, 0.15) is 5.69 Å². The highest BCUT2D eigenvalue weighted by molar-refractivity contribution is 5.31. The van der Waals surface area contributed by atoms with Gasteiger partial charge < -0.3 is 10.4 Å². The molecule has 7 heteroatoms. The molecule has 19 heavy (non-hydrogen) atoms. The fourth-order valence-corrected chi connectivity index (χ4v) is 2.37. The summed E-state index contributed by atoms with van der Waals surface area (Å²) in [7, 11) is 0. The topological polar surface area (TPSA) is 58.0 Å². The van der Waals surface area contributed by atoms with E-state index in [0.29, 0.717) is 12.8 Å². The number of halogens is 3. The SMILES string of the molecule is OCC1(Nc2nccc(C(F)(F)F)n2)CCCCC1. The predicted molar refractivity (Wildman–Crippen MR) is 63.6 cm³/mol. The van der Waals surface area contributed by atoms with Gasteiger partial charge in [-0.3, -0.25) is 0 Å². The van der Waals surface area contributed by atoms with Crippen LogP contribution in [0.2, 0.25) is 0 Å². The lowest BCUT2D eigenvalue weighted by atomic mass is 9.82. The van der Waals surface area contributed by atoms with E-state index >= 15 is 0 Å². The van der Waals surface area contributed by atoms with Crippen molar-refractivity contribution >= 4 is 5.95 Å². The Hall–Kier alpha value is -1.37. The summed E-state index contributed by atoms with van der Waals surface area (Å²) in [6.45, 7) is -0.132. The first-order valence-corrected chi connectivity index (χ1v) is 6.24. The van der Waals surface area contributed by atoms with Crippen LogP contribution in [0.25, 0.3) is 0 Å². The van der Waals surface area contributed by atoms with Crippen LogP contribution in [0.4, 0.5) is 19.1 Å². The lowest BCUT2D eigenvalue weighted by molar-refractivity contribution is -0.141. The molecule has 0 bridgehead atoms. The number of nitrogens with one attached hydrogen (secondary N) is 1. The van der Waals surface area contributed by atoms with Crippen molar-refractivity contribution in [2.75, 3.05) is 11.9 Å². The zero-order valence-corrected chi connectivity index (χ0v) is 10.4. The second-order valence-electron chi connectivity index (χ2n) is 4.89. The monoisotopic (exact) mass is 275 g/mol. The maximum Gasteiger partial charge on any atom is 0.433 e. The zero-order chi connectivity index (χ0) is 13.9. The average Bonchev–Trinajstić information content (AvgIpc) is 2.39. The van der Waals surface area contributed by atoms with Crippen LogP contribution in [0.5, 0.6) is 0 Å². The van der Waals surface area contributed by atoms with Gasteiger partial charge in [-0.05, 0) is 18.9 Å². The molecule has 1 aromatic rings. The van der Waals surface area contributed by atoms with Gasteiger partial charge in [0.2, 0.25) is 5.95 Å². The summed E-state index contributed by atoms with van der Waals surface area (Å²) in [5.74, 6) is -0.0780. The van der Waals surface area contributed by atoms with Crippen LogP contribution in [0.15, 0.2) is 12.3 Å². The summed E-state index contributed by atoms with van der Waals surface area (Å²) in [6.07, 6.45) is 0.961. The molecule has 1 aliphatic rings. The first-order chi connectivity index (χ1) is 8.95. The molecule has 0 unspecified atom stereocenters. The minimum atomic E-state index is -4.49. The molecular weight excluding hydrogens is 259 g/mol. The molecule has 2 rings (SSSR count). The predicted octanol–water partition coefficient (Wildman–Crippen LogP) is 2.60. The highest BCUT2D eigenvalue weighted by Crippen LogP contribution is 2.32. The van der Waals surface area contributed by atoms with E-state index in [-0.39, 0.29) is 12.6 Å². The largest absolute Gasteiger partial charge is 0.433 e. The minimum Gasteiger partial charge on any atom is -0.394 e. The number of hydrogen-bond donors (Lipinski definition) is 2. The van der Waals surface area contributed by atoms with Gasteiger partial charge in [-0.2, -0.15) is 13.2 Å². The second kappa shape index (κ2) is 5.32. The van der Waals surface area contributed by atoms with Crippen molar-refractivity contribution in [2.45, 2.75) is 43.8 Å². The van der Waals surface area contributed by atoms with Gasteiger partial charge in [0, 0.05) is 6.20 Å². The number of nitrogens with zero attached hydrogens (tertiary/aromatic N) is 2. The van der Waals surface area contributed by atoms with Crippen molar-refractivity contribution in [1.29, 1.82) is 0 Å². The van der Waals surface area contributed by atoms with Crippen LogP contribution in [0.3, 0.4) is 0 Å². The van der Waals surface area contributed by atoms with Crippen LogP contribution in [-0.4, -0.2) is 27.2 Å². The lowest BCUT2D eigenvalue weighted by Crippen LogP contribution is -2.44. The quantitative estimate of drug-likeness (QED) is 0.890. The second-order valence-corrected chi connectivity index (χ2v) is 4.89. The molecule has 0 atom stereocenters. The normalized spacial score (nSPS) is 19.2. The van der Waals surface area contributed by atoms with Crippen molar-refractivity contribution in [1.82, 2.24) is 9.97 Å². The number of rotatable bonds is 3. The molecule has 4 nitrogen and oxygen atoms in total. The Balaban J connectivity index is 2.18. The Labute approximate surface area is 109 Å². The Morgan fingerprint density at radius 1 is 1.26 bits per heavy atom. The first kappa shape index (κ1) is 14.0. The summed E-state index contributed by atoms with van der Waals surface area (Å²) in [4.78, 5) is 7.28. The Morgan fingerprint density at radius 3 is 2.53 bits per heavy atom. The minimum absolute atomic E-state index is 0.0780. The number of hydrogen-bond acceptors (Lipinski definition) is 4. The molecule has 106 valence electrons. The summed E-state index contributed by atoms with van der Waals surface area (Å²) in [6, 6.07) is 0.831. The van der Waals surface area contributed by atoms with E-state index in [1.165, 1.54) is 0 Å². The van der Waals surface area contributed by atoms with Gasteiger partial charge in [0.25, 0.3) is 0 Å². The Kier molecular flexibility index (Phi) is 3.93. The van der Waals surface area contributed by atoms with Crippen molar-refractivity contribution in [3.05, 3.63) is 18.0 Å². The van der Waals surface area contributed by atoms with Crippen LogP contribution < -0.4 is 5.32 Å². The third-order valence-corrected chi connectivity index (χ3v) is 3.44. The van der Waals surface area contributed by atoms with Crippen molar-refractivity contribution in [2.24, 2.45) is 0 Å². The van der Waals surface area contributed by atoms with Crippen LogP contribution in [0.1, 0.15) is 37.8 Å². The molecule has 1 saturated carbocycles. The van der Waals surface area contributed by atoms with E-state index < -0.39 is 17.4 Å². The maximum absolute atomic E-state index is 12.6. The summed E-state index contributed by atoms with van der Waals surface area (Å²) in [5.41, 5.74) is -1.57. The smallest absolute Gasteiger partial charge is 0.394 e. The van der Waals surface area contributed by atoms with E-state index in [9.17, 15) is 18.3 Å². The van der Waals surface area contributed by atoms with E-state index in [4.69, 9.17) is 0 Å². The molecule has 0 radical (unpaired) electrons. The number of alkyl halides is 3. The average molecular weight is 275 g/mol. The number of aliphatic hydroxyl groups is 1. The molecule has 2 N–H and O–H groups in total. The molecular formula is C12H16F3N3O. The van der Waals surface area contributed by atoms with Crippen LogP contribution >= 0.6 is 0 Å². The summed E-state index contributed by atoms with van der Waals surface area (Å²) in [5, 5.41) is 12.4. The van der Waals surface area contributed by atoms with Gasteiger partial charge in [-0.25, -0.2) is 9.97 Å². The van der Waals surface area contributed by atoms with Crippen molar-refractivity contribution in [3.63, 3.8) is 0 Å². The van der Waals surface area contributed by atoms with E-state index in [0.717, 1.165) is 31.5 Å². The summed E-state index contributed by atoms with van der Waals surface area (Å²) < 4.78 is 37.7. The molecule has 0 aliphatic heterocycles. The van der Waals surface area contributed by atoms with Gasteiger partial charge in [0.05, 0.1) is 12.1 Å². The van der Waals surface area contributed by atoms with E-state index in [2.05, 4.69) is 15.3 Å². The number of aliphatic hydroxyl groups excluding tert-OH is 1. The van der Waals surface area contributed by atoms with E-state index in [1.54, 1.807) is 0 Å². The highest BCUT2D eigenvalue weighted by Gasteiger charge is 2.35. The third-order valence-electron chi connectivity index (χ3n) is 3.44. The fourth-order valence-electron chi connectivity index (χ4n) is 2.37. The Morgan fingerprint density at radius 2 is 1.95 bits per heavy atom. The standard InChI is InChI=1S/C12H16F3N3O/c13-12(14,15)9-4-7-16-10(17-9)18-11(8-19)5-2-1-3-6-11/h4,7,19H,1-3,5-6,8H2,(H,16,17,18).